The van der Waals surface area contributed by atoms with Crippen LogP contribution >= 0.6 is 7.82 Å². The third-order valence-electron chi connectivity index (χ3n) is 2.43. The highest BCUT2D eigenvalue weighted by Crippen LogP contribution is 2.42. The second-order valence-electron chi connectivity index (χ2n) is 7.22. The highest BCUT2D eigenvalue weighted by Gasteiger charge is 2.21. The Morgan fingerprint density at radius 3 is 1.74 bits per heavy atom. The lowest BCUT2D eigenvalue weighted by Gasteiger charge is -2.23. The molecule has 2 unspecified atom stereocenters. The molecule has 8 nitrogen and oxygen atoms in total. The van der Waals surface area contributed by atoms with Crippen LogP contribution in [0.3, 0.4) is 0 Å². The Morgan fingerprint density at radius 2 is 1.39 bits per heavy atom. The number of rotatable bonds is 10. The van der Waals surface area contributed by atoms with E-state index >= 15 is 0 Å². The van der Waals surface area contributed by atoms with Gasteiger partial charge >= 0.3 is 7.82 Å². The SMILES string of the molecule is CC(O)OCC[N+](C)(C)C.CCOP(=O)(O)OCC[N+](C)(C)C. The molecule has 0 aliphatic carbocycles. The van der Waals surface area contributed by atoms with E-state index in [1.807, 2.05) is 21.1 Å². The van der Waals surface area contributed by atoms with Gasteiger partial charge in [0.2, 0.25) is 0 Å². The lowest BCUT2D eigenvalue weighted by Crippen LogP contribution is -2.38. The van der Waals surface area contributed by atoms with Crippen LogP contribution in [-0.4, -0.2) is 100 Å². The van der Waals surface area contributed by atoms with Crippen molar-refractivity contribution in [2.45, 2.75) is 20.1 Å². The molecule has 0 aromatic heterocycles. The molecule has 0 heterocycles. The third-order valence-corrected chi connectivity index (χ3v) is 3.52. The van der Waals surface area contributed by atoms with Gasteiger partial charge in [0, 0.05) is 0 Å². The van der Waals surface area contributed by atoms with E-state index in [4.69, 9.17) is 19.3 Å². The minimum atomic E-state index is -3.79. The van der Waals surface area contributed by atoms with E-state index in [9.17, 15) is 4.57 Å². The maximum Gasteiger partial charge on any atom is 0.472 e. The molecule has 0 bridgehead atoms. The number of hydrogen-bond donors (Lipinski definition) is 2. The Labute approximate surface area is 141 Å². The van der Waals surface area contributed by atoms with Gasteiger partial charge in [0.25, 0.3) is 0 Å². The summed E-state index contributed by atoms with van der Waals surface area (Å²) in [4.78, 5) is 9.02. The molecule has 0 saturated carbocycles. The van der Waals surface area contributed by atoms with Crippen molar-refractivity contribution in [3.8, 4) is 0 Å². The fraction of sp³-hybridized carbons (Fsp3) is 1.00. The fourth-order valence-electron chi connectivity index (χ4n) is 1.13. The summed E-state index contributed by atoms with van der Waals surface area (Å²) in [5.41, 5.74) is 0. The molecule has 9 heteroatoms. The van der Waals surface area contributed by atoms with Crippen LogP contribution in [0.25, 0.3) is 0 Å². The van der Waals surface area contributed by atoms with E-state index in [1.165, 1.54) is 0 Å². The molecule has 23 heavy (non-hydrogen) atoms. The van der Waals surface area contributed by atoms with E-state index in [2.05, 4.69) is 25.7 Å². The summed E-state index contributed by atoms with van der Waals surface area (Å²) in [7, 11) is 8.41. The second kappa shape index (κ2) is 11.5. The molecule has 0 amide bonds. The second-order valence-corrected chi connectivity index (χ2v) is 8.67. The number of phosphoric ester groups is 1. The molecule has 0 aliphatic heterocycles. The number of nitrogens with zero attached hydrogens (tertiary/aromatic N) is 2. The largest absolute Gasteiger partial charge is 0.472 e. The van der Waals surface area contributed by atoms with Crippen LogP contribution in [0.2, 0.25) is 0 Å². The highest BCUT2D eigenvalue weighted by molar-refractivity contribution is 7.47. The molecule has 0 radical (unpaired) electrons. The molecule has 2 N–H and O–H groups in total. The molecular formula is C14H37N2O6P+2. The molecule has 0 aromatic carbocycles. The van der Waals surface area contributed by atoms with Crippen molar-refractivity contribution < 1.29 is 37.3 Å². The summed E-state index contributed by atoms with van der Waals surface area (Å²) < 4.78 is 26.8. The minimum absolute atomic E-state index is 0.179. The highest BCUT2D eigenvalue weighted by atomic mass is 31.2. The van der Waals surface area contributed by atoms with Crippen LogP contribution in [0.4, 0.5) is 0 Å². The van der Waals surface area contributed by atoms with Crippen LogP contribution in [-0.2, 0) is 18.3 Å². The van der Waals surface area contributed by atoms with Crippen LogP contribution < -0.4 is 0 Å². The number of ether oxygens (including phenoxy) is 1. The lowest BCUT2D eigenvalue weighted by atomic mass is 10.5. The molecular weight excluding hydrogens is 323 g/mol. The summed E-state index contributed by atoms with van der Waals surface area (Å²) in [6.07, 6.45) is -0.633. The van der Waals surface area contributed by atoms with Gasteiger partial charge in [-0.05, 0) is 13.8 Å². The third kappa shape index (κ3) is 24.3. The van der Waals surface area contributed by atoms with E-state index in [0.717, 1.165) is 11.0 Å². The smallest absolute Gasteiger partial charge is 0.368 e. The average Bonchev–Trinajstić information content (AvgIpc) is 2.24. The molecule has 0 aromatic rings. The van der Waals surface area contributed by atoms with Crippen molar-refractivity contribution in [3.05, 3.63) is 0 Å². The maximum atomic E-state index is 11.0. The minimum Gasteiger partial charge on any atom is -0.368 e. The van der Waals surface area contributed by atoms with Crippen molar-refractivity contribution >= 4 is 7.82 Å². The Kier molecular flexibility index (Phi) is 12.6. The quantitative estimate of drug-likeness (QED) is 0.342. The number of phosphoric acid groups is 1. The zero-order chi connectivity index (χ0) is 18.7. The number of aliphatic hydroxyl groups excluding tert-OH is 1. The molecule has 0 spiro atoms. The van der Waals surface area contributed by atoms with Gasteiger partial charge in [-0.25, -0.2) is 4.57 Å². The first-order chi connectivity index (χ1) is 10.2. The standard InChI is InChI=1S/C7H18NO4P.C7H18NO2/c1-5-11-13(9,10)12-7-6-8(2,3)4;1-7(9)10-6-5-8(2,3)4/h5-7H2,1-4H3;7,9H,5-6H2,1-4H3/q;+1/p+1. The Morgan fingerprint density at radius 1 is 0.957 bits per heavy atom. The zero-order valence-electron chi connectivity index (χ0n) is 16.0. The topological polar surface area (TPSA) is 85.2 Å². The number of quaternary nitrogens is 2. The predicted octanol–water partition coefficient (Wildman–Crippen LogP) is 0.894. The Hall–Kier alpha value is -0.0500. The van der Waals surface area contributed by atoms with E-state index < -0.39 is 14.1 Å². The van der Waals surface area contributed by atoms with E-state index in [0.29, 0.717) is 17.6 Å². The first kappa shape index (κ1) is 25.2. The van der Waals surface area contributed by atoms with Gasteiger partial charge in [-0.3, -0.25) is 9.05 Å². The lowest BCUT2D eigenvalue weighted by molar-refractivity contribution is -0.871. The van der Waals surface area contributed by atoms with Crippen LogP contribution in [0.5, 0.6) is 0 Å². The van der Waals surface area contributed by atoms with Gasteiger partial charge < -0.3 is 23.7 Å². The predicted molar refractivity (Wildman–Crippen MR) is 90.8 cm³/mol. The Balaban J connectivity index is 0. The van der Waals surface area contributed by atoms with Crippen molar-refractivity contribution in [3.63, 3.8) is 0 Å². The maximum absolute atomic E-state index is 11.0. The van der Waals surface area contributed by atoms with Gasteiger partial charge in [0.05, 0.1) is 55.5 Å². The number of aliphatic hydroxyl groups is 1. The van der Waals surface area contributed by atoms with Crippen LogP contribution in [0.1, 0.15) is 13.8 Å². The van der Waals surface area contributed by atoms with Gasteiger partial charge in [0.15, 0.2) is 6.29 Å². The van der Waals surface area contributed by atoms with Crippen molar-refractivity contribution in [1.82, 2.24) is 0 Å². The zero-order valence-corrected chi connectivity index (χ0v) is 16.9. The van der Waals surface area contributed by atoms with Crippen LogP contribution in [0, 0.1) is 0 Å². The van der Waals surface area contributed by atoms with Gasteiger partial charge in [0.1, 0.15) is 19.7 Å². The monoisotopic (exact) mass is 360 g/mol. The molecule has 0 saturated heterocycles. The summed E-state index contributed by atoms with van der Waals surface area (Å²) in [6.45, 7) is 5.86. The number of likely N-dealkylation sites (N-methyl/N-ethyl adjacent to an activating group) is 2. The van der Waals surface area contributed by atoms with Gasteiger partial charge in [-0.15, -0.1) is 0 Å². The normalized spacial score (nSPS) is 16.3. The first-order valence-electron chi connectivity index (χ1n) is 7.71. The summed E-state index contributed by atoms with van der Waals surface area (Å²) in [6, 6.07) is 0. The van der Waals surface area contributed by atoms with Crippen molar-refractivity contribution in [1.29, 1.82) is 0 Å². The molecule has 142 valence electrons. The fourth-order valence-corrected chi connectivity index (χ4v) is 1.84. The molecule has 2 atom stereocenters. The van der Waals surface area contributed by atoms with Crippen molar-refractivity contribution in [2.75, 3.05) is 75.2 Å². The van der Waals surface area contributed by atoms with Crippen LogP contribution in [0.15, 0.2) is 0 Å². The number of hydrogen-bond acceptors (Lipinski definition) is 5. The van der Waals surface area contributed by atoms with Gasteiger partial charge in [-0.1, -0.05) is 0 Å². The molecule has 0 rings (SSSR count). The first-order valence-corrected chi connectivity index (χ1v) is 9.20. The summed E-state index contributed by atoms with van der Waals surface area (Å²) >= 11 is 0. The van der Waals surface area contributed by atoms with Gasteiger partial charge in [-0.2, -0.15) is 0 Å². The molecule has 0 aliphatic rings. The van der Waals surface area contributed by atoms with E-state index in [1.54, 1.807) is 13.8 Å². The molecule has 0 fully saturated rings. The summed E-state index contributed by atoms with van der Waals surface area (Å²) in [5.74, 6) is 0. The summed E-state index contributed by atoms with van der Waals surface area (Å²) in [5, 5.41) is 8.72. The van der Waals surface area contributed by atoms with Crippen molar-refractivity contribution in [2.24, 2.45) is 0 Å². The Bertz CT molecular complexity index is 339. The average molecular weight is 360 g/mol. The van der Waals surface area contributed by atoms with E-state index in [-0.39, 0.29) is 13.2 Å².